The van der Waals surface area contributed by atoms with Crippen LogP contribution in [0.5, 0.6) is 0 Å². The van der Waals surface area contributed by atoms with E-state index in [4.69, 9.17) is 5.73 Å². The van der Waals surface area contributed by atoms with Gasteiger partial charge in [0.2, 0.25) is 10.0 Å². The van der Waals surface area contributed by atoms with Crippen LogP contribution in [0, 0.1) is 5.82 Å². The van der Waals surface area contributed by atoms with Crippen molar-refractivity contribution in [1.82, 2.24) is 19.3 Å². The first kappa shape index (κ1) is 22.1. The predicted octanol–water partition coefficient (Wildman–Crippen LogP) is 2.60. The van der Waals surface area contributed by atoms with E-state index >= 15 is 0 Å². The molecule has 168 valence electrons. The molecular weight excluding hydrogens is 433 g/mol. The van der Waals surface area contributed by atoms with Gasteiger partial charge in [0.25, 0.3) is 0 Å². The van der Waals surface area contributed by atoms with Gasteiger partial charge in [0.1, 0.15) is 17.2 Å². The normalized spacial score (nSPS) is 12.1. The number of anilines is 1. The number of nitrogens with one attached hydrogen (secondary N) is 1. The van der Waals surface area contributed by atoms with Crippen molar-refractivity contribution in [3.8, 4) is 0 Å². The molecule has 2 aromatic carbocycles. The van der Waals surface area contributed by atoms with Crippen LogP contribution in [-0.4, -0.2) is 41.2 Å². The minimum Gasteiger partial charge on any atom is -0.396 e. The second-order valence-electron chi connectivity index (χ2n) is 7.42. The summed E-state index contributed by atoms with van der Waals surface area (Å²) >= 11 is 0. The predicted molar refractivity (Wildman–Crippen MR) is 121 cm³/mol. The molecule has 0 fully saturated rings. The minimum absolute atomic E-state index is 0.0270. The van der Waals surface area contributed by atoms with Crippen molar-refractivity contribution in [3.05, 3.63) is 60.2 Å². The van der Waals surface area contributed by atoms with E-state index in [-0.39, 0.29) is 18.0 Å². The fourth-order valence-corrected chi connectivity index (χ4v) is 4.81. The van der Waals surface area contributed by atoms with Crippen LogP contribution in [0.1, 0.15) is 18.7 Å². The molecule has 0 aliphatic carbocycles. The Morgan fingerprint density at radius 2 is 1.81 bits per heavy atom. The van der Waals surface area contributed by atoms with Gasteiger partial charge < -0.3 is 15.4 Å². The molecule has 0 radical (unpaired) electrons. The number of aromatic nitrogens is 3. The maximum atomic E-state index is 13.0. The second kappa shape index (κ2) is 9.19. The highest BCUT2D eigenvalue weighted by atomic mass is 32.2. The SMILES string of the molecule is Nc1nc2ccccc2c2c1nc(CCO)n2CCCCNS(=O)(=O)c1ccc(F)cc1. The van der Waals surface area contributed by atoms with Crippen molar-refractivity contribution >= 4 is 37.8 Å². The monoisotopic (exact) mass is 457 g/mol. The summed E-state index contributed by atoms with van der Waals surface area (Å²) in [7, 11) is -3.69. The van der Waals surface area contributed by atoms with Crippen LogP contribution in [0.2, 0.25) is 0 Å². The lowest BCUT2D eigenvalue weighted by atomic mass is 10.2. The molecule has 4 N–H and O–H groups in total. The minimum atomic E-state index is -3.69. The van der Waals surface area contributed by atoms with Crippen LogP contribution in [0.4, 0.5) is 10.2 Å². The summed E-state index contributed by atoms with van der Waals surface area (Å²) in [6.45, 7) is 0.774. The Bertz CT molecular complexity index is 1350. The molecule has 2 aromatic heterocycles. The number of unbranched alkanes of at least 4 members (excludes halogenated alkanes) is 1. The number of imidazole rings is 1. The molecule has 0 amide bonds. The largest absolute Gasteiger partial charge is 0.396 e. The molecule has 0 saturated carbocycles. The topological polar surface area (TPSA) is 123 Å². The van der Waals surface area contributed by atoms with Crippen molar-refractivity contribution in [2.24, 2.45) is 0 Å². The summed E-state index contributed by atoms with van der Waals surface area (Å²) in [4.78, 5) is 9.07. The summed E-state index contributed by atoms with van der Waals surface area (Å²) < 4.78 is 42.3. The number of aliphatic hydroxyl groups is 1. The van der Waals surface area contributed by atoms with E-state index in [1.165, 1.54) is 12.1 Å². The van der Waals surface area contributed by atoms with Gasteiger partial charge in [-0.25, -0.2) is 27.5 Å². The molecule has 32 heavy (non-hydrogen) atoms. The van der Waals surface area contributed by atoms with Crippen LogP contribution >= 0.6 is 0 Å². The van der Waals surface area contributed by atoms with Crippen LogP contribution in [0.25, 0.3) is 21.9 Å². The first-order valence-corrected chi connectivity index (χ1v) is 11.8. The number of aliphatic hydroxyl groups excluding tert-OH is 1. The number of pyridine rings is 1. The van der Waals surface area contributed by atoms with Gasteiger partial charge in [-0.3, -0.25) is 0 Å². The van der Waals surface area contributed by atoms with Crippen LogP contribution in [-0.2, 0) is 23.0 Å². The summed E-state index contributed by atoms with van der Waals surface area (Å²) in [5, 5.41) is 10.4. The van der Waals surface area contributed by atoms with Gasteiger partial charge in [-0.1, -0.05) is 18.2 Å². The van der Waals surface area contributed by atoms with Crippen molar-refractivity contribution in [1.29, 1.82) is 0 Å². The van der Waals surface area contributed by atoms with Crippen molar-refractivity contribution in [2.75, 3.05) is 18.9 Å². The van der Waals surface area contributed by atoms with Crippen molar-refractivity contribution in [3.63, 3.8) is 0 Å². The molecular formula is C22H24FN5O3S. The molecule has 0 spiro atoms. The molecule has 0 atom stereocenters. The van der Waals surface area contributed by atoms with Crippen LogP contribution < -0.4 is 10.5 Å². The first-order chi connectivity index (χ1) is 15.4. The van der Waals surface area contributed by atoms with Crippen LogP contribution in [0.15, 0.2) is 53.4 Å². The molecule has 0 aliphatic rings. The van der Waals surface area contributed by atoms with Gasteiger partial charge in [0.15, 0.2) is 5.82 Å². The zero-order chi connectivity index (χ0) is 22.7. The highest BCUT2D eigenvalue weighted by molar-refractivity contribution is 7.89. The number of para-hydroxylation sites is 1. The fraction of sp³-hybridized carbons (Fsp3) is 0.273. The molecule has 4 aromatic rings. The fourth-order valence-electron chi connectivity index (χ4n) is 3.74. The molecule has 4 rings (SSSR count). The van der Waals surface area contributed by atoms with Gasteiger partial charge in [0, 0.05) is 24.9 Å². The highest BCUT2D eigenvalue weighted by Crippen LogP contribution is 2.29. The summed E-state index contributed by atoms with van der Waals surface area (Å²) in [5.41, 5.74) is 8.37. The smallest absolute Gasteiger partial charge is 0.240 e. The third kappa shape index (κ3) is 4.43. The Morgan fingerprint density at radius 1 is 1.06 bits per heavy atom. The van der Waals surface area contributed by atoms with Gasteiger partial charge in [0.05, 0.1) is 22.5 Å². The third-order valence-corrected chi connectivity index (χ3v) is 6.73. The molecule has 8 nitrogen and oxygen atoms in total. The van der Waals surface area contributed by atoms with Crippen molar-refractivity contribution < 1.29 is 17.9 Å². The van der Waals surface area contributed by atoms with E-state index in [1.54, 1.807) is 0 Å². The van der Waals surface area contributed by atoms with Crippen LogP contribution in [0.3, 0.4) is 0 Å². The molecule has 2 heterocycles. The Balaban J connectivity index is 1.50. The van der Waals surface area contributed by atoms with Gasteiger partial charge >= 0.3 is 0 Å². The number of rotatable bonds is 9. The van der Waals surface area contributed by atoms with E-state index in [9.17, 15) is 17.9 Å². The average Bonchev–Trinajstić information content (AvgIpc) is 3.13. The first-order valence-electron chi connectivity index (χ1n) is 10.3. The number of sulfonamides is 1. The molecule has 0 bridgehead atoms. The second-order valence-corrected chi connectivity index (χ2v) is 9.19. The maximum absolute atomic E-state index is 13.0. The van der Waals surface area contributed by atoms with E-state index in [1.807, 2.05) is 28.8 Å². The van der Waals surface area contributed by atoms with Gasteiger partial charge in [-0.15, -0.1) is 0 Å². The average molecular weight is 458 g/mol. The number of hydrogen-bond donors (Lipinski definition) is 3. The lowest BCUT2D eigenvalue weighted by Crippen LogP contribution is -2.25. The van der Waals surface area contributed by atoms with Gasteiger partial charge in [-0.2, -0.15) is 0 Å². The summed E-state index contributed by atoms with van der Waals surface area (Å²) in [5.74, 6) is 0.557. The number of aryl methyl sites for hydroxylation is 1. The summed E-state index contributed by atoms with van der Waals surface area (Å²) in [6.07, 6.45) is 1.63. The number of nitrogen functional groups attached to an aromatic ring is 1. The maximum Gasteiger partial charge on any atom is 0.240 e. The Kier molecular flexibility index (Phi) is 6.35. The standard InChI is InChI=1S/C22H24FN5O3S/c23-15-7-9-16(10-8-15)32(30,31)25-12-3-4-13-28-19(11-14-29)27-20-21(28)17-5-1-2-6-18(17)26-22(20)24/h1-2,5-10,25,29H,3-4,11-14H2,(H2,24,26). The van der Waals surface area contributed by atoms with E-state index in [0.29, 0.717) is 43.0 Å². The van der Waals surface area contributed by atoms with E-state index in [0.717, 1.165) is 28.6 Å². The number of fused-ring (bicyclic) bond motifs is 3. The number of hydrogen-bond acceptors (Lipinski definition) is 6. The number of benzene rings is 2. The molecule has 0 aliphatic heterocycles. The summed E-state index contributed by atoms with van der Waals surface area (Å²) in [6, 6.07) is 12.4. The zero-order valence-electron chi connectivity index (χ0n) is 17.3. The third-order valence-electron chi connectivity index (χ3n) is 5.25. The number of nitrogens with two attached hydrogens (primary N) is 1. The van der Waals surface area contributed by atoms with E-state index < -0.39 is 15.8 Å². The Labute approximate surface area is 185 Å². The number of halogens is 1. The molecule has 0 unspecified atom stereocenters. The number of nitrogens with zero attached hydrogens (tertiary/aromatic N) is 3. The highest BCUT2D eigenvalue weighted by Gasteiger charge is 2.17. The van der Waals surface area contributed by atoms with Gasteiger partial charge in [-0.05, 0) is 43.2 Å². The zero-order valence-corrected chi connectivity index (χ0v) is 18.1. The lowest BCUT2D eigenvalue weighted by Gasteiger charge is -2.11. The lowest BCUT2D eigenvalue weighted by molar-refractivity contribution is 0.294. The quantitative estimate of drug-likeness (QED) is 0.332. The molecule has 10 heteroatoms. The molecule has 0 saturated heterocycles. The Hall–Kier alpha value is -3.08. The Morgan fingerprint density at radius 3 is 2.56 bits per heavy atom. The van der Waals surface area contributed by atoms with Crippen molar-refractivity contribution in [2.45, 2.75) is 30.7 Å². The van der Waals surface area contributed by atoms with E-state index in [2.05, 4.69) is 14.7 Å².